The number of nitriles is 2. The lowest BCUT2D eigenvalue weighted by Gasteiger charge is -2.29. The lowest BCUT2D eigenvalue weighted by molar-refractivity contribution is 0.745. The summed E-state index contributed by atoms with van der Waals surface area (Å²) >= 11 is 0. The molecule has 1 aliphatic carbocycles. The van der Waals surface area contributed by atoms with Crippen LogP contribution in [0.15, 0.2) is 133 Å². The van der Waals surface area contributed by atoms with Crippen LogP contribution >= 0.6 is 0 Å². The van der Waals surface area contributed by atoms with Gasteiger partial charge in [-0.3, -0.25) is 0 Å². The van der Waals surface area contributed by atoms with E-state index in [1.165, 1.54) is 16.3 Å². The summed E-state index contributed by atoms with van der Waals surface area (Å²) in [5.74, 6) is 0.254. The molecule has 1 aromatic heterocycles. The summed E-state index contributed by atoms with van der Waals surface area (Å²) in [5, 5.41) is 22.5. The normalized spacial score (nSPS) is 16.8. The molecule has 0 fully saturated rings. The minimum Gasteiger partial charge on any atom is -0.333 e. The molecule has 4 heteroatoms. The molecule has 42 heavy (non-hydrogen) atoms. The minimum absolute atomic E-state index is 0.132. The number of anilines is 2. The Morgan fingerprint density at radius 2 is 1.14 bits per heavy atom. The molecule has 196 valence electrons. The van der Waals surface area contributed by atoms with Gasteiger partial charge in [-0.2, -0.15) is 10.5 Å². The van der Waals surface area contributed by atoms with Crippen LogP contribution in [-0.2, 0) is 0 Å². The van der Waals surface area contributed by atoms with Crippen molar-refractivity contribution < 1.29 is 0 Å². The summed E-state index contributed by atoms with van der Waals surface area (Å²) in [5.41, 5.74) is 9.44. The third kappa shape index (κ3) is 3.60. The van der Waals surface area contributed by atoms with E-state index < -0.39 is 0 Å². The third-order valence-corrected chi connectivity index (χ3v) is 8.50. The average Bonchev–Trinajstić information content (AvgIpc) is 3.57. The number of benzene rings is 5. The van der Waals surface area contributed by atoms with Crippen molar-refractivity contribution in [3.63, 3.8) is 0 Å². The fourth-order valence-corrected chi connectivity index (χ4v) is 6.74. The second-order valence-electron chi connectivity index (χ2n) is 10.8. The molecule has 0 N–H and O–H groups in total. The maximum atomic E-state index is 10.1. The van der Waals surface area contributed by atoms with Gasteiger partial charge in [0.05, 0.1) is 40.3 Å². The maximum Gasteiger partial charge on any atom is 0.0992 e. The smallest absolute Gasteiger partial charge is 0.0992 e. The molecular weight excluding hydrogens is 512 g/mol. The van der Waals surface area contributed by atoms with E-state index in [4.69, 9.17) is 0 Å². The highest BCUT2D eigenvalue weighted by atomic mass is 15.2. The van der Waals surface area contributed by atoms with Crippen molar-refractivity contribution >= 4 is 33.2 Å². The Balaban J connectivity index is 1.33. The Bertz CT molecular complexity index is 2150. The zero-order chi connectivity index (χ0) is 28.2. The number of para-hydroxylation sites is 3. The molecule has 2 atom stereocenters. The topological polar surface area (TPSA) is 55.8 Å². The van der Waals surface area contributed by atoms with Crippen LogP contribution in [0, 0.1) is 22.7 Å². The Labute approximate surface area is 243 Å². The molecule has 1 aliphatic heterocycles. The molecule has 2 unspecified atom stereocenters. The highest BCUT2D eigenvalue weighted by Gasteiger charge is 2.37. The second kappa shape index (κ2) is 9.37. The van der Waals surface area contributed by atoms with Crippen molar-refractivity contribution in [2.45, 2.75) is 12.0 Å². The predicted molar refractivity (Wildman–Crippen MR) is 169 cm³/mol. The number of rotatable bonds is 3. The molecule has 0 saturated carbocycles. The lowest BCUT2D eigenvalue weighted by Crippen LogP contribution is -2.28. The number of aromatic nitrogens is 1. The van der Waals surface area contributed by atoms with Gasteiger partial charge in [-0.05, 0) is 71.3 Å². The van der Waals surface area contributed by atoms with Gasteiger partial charge in [-0.25, -0.2) is 0 Å². The molecule has 0 radical (unpaired) electrons. The molecule has 2 heterocycles. The van der Waals surface area contributed by atoms with Crippen molar-refractivity contribution in [2.75, 3.05) is 4.90 Å². The molecule has 4 nitrogen and oxygen atoms in total. The minimum atomic E-state index is 0.132. The third-order valence-electron chi connectivity index (χ3n) is 8.50. The van der Waals surface area contributed by atoms with E-state index in [0.29, 0.717) is 11.1 Å². The number of fused-ring (bicyclic) bond motifs is 6. The van der Waals surface area contributed by atoms with E-state index in [2.05, 4.69) is 119 Å². The summed E-state index contributed by atoms with van der Waals surface area (Å²) in [4.78, 5) is 2.34. The van der Waals surface area contributed by atoms with Crippen LogP contribution in [0.4, 0.5) is 11.4 Å². The number of allylic oxidation sites excluding steroid dienone is 2. The van der Waals surface area contributed by atoms with Crippen LogP contribution in [0.3, 0.4) is 0 Å². The van der Waals surface area contributed by atoms with Crippen molar-refractivity contribution in [3.05, 3.63) is 150 Å². The highest BCUT2D eigenvalue weighted by Crippen LogP contribution is 2.48. The van der Waals surface area contributed by atoms with Gasteiger partial charge in [0, 0.05) is 33.8 Å². The fraction of sp³-hybridized carbons (Fsp3) is 0.0526. The van der Waals surface area contributed by atoms with Crippen molar-refractivity contribution in [1.29, 1.82) is 10.5 Å². The lowest BCUT2D eigenvalue weighted by atomic mass is 9.91. The zero-order valence-corrected chi connectivity index (χ0v) is 22.6. The molecule has 2 aliphatic rings. The van der Waals surface area contributed by atoms with E-state index in [0.717, 1.165) is 39.2 Å². The Morgan fingerprint density at radius 3 is 1.83 bits per heavy atom. The van der Waals surface area contributed by atoms with Gasteiger partial charge in [0.2, 0.25) is 0 Å². The summed E-state index contributed by atoms with van der Waals surface area (Å²) in [7, 11) is 0. The first-order valence-corrected chi connectivity index (χ1v) is 14.1. The van der Waals surface area contributed by atoms with E-state index in [1.54, 1.807) is 0 Å². The summed E-state index contributed by atoms with van der Waals surface area (Å²) in [6, 6.07) is 42.2. The Hall–Kier alpha value is -5.84. The van der Waals surface area contributed by atoms with Crippen molar-refractivity contribution in [1.82, 2.24) is 4.57 Å². The molecule has 8 rings (SSSR count). The van der Waals surface area contributed by atoms with Gasteiger partial charge in [-0.1, -0.05) is 78.9 Å². The van der Waals surface area contributed by atoms with Gasteiger partial charge in [0.15, 0.2) is 0 Å². The van der Waals surface area contributed by atoms with Crippen LogP contribution in [-0.4, -0.2) is 10.6 Å². The number of nitrogens with zero attached hydrogens (tertiary/aromatic N) is 4. The number of hydrogen-bond acceptors (Lipinski definition) is 3. The second-order valence-corrected chi connectivity index (χ2v) is 10.8. The van der Waals surface area contributed by atoms with E-state index in [-0.39, 0.29) is 12.0 Å². The average molecular weight is 537 g/mol. The van der Waals surface area contributed by atoms with Crippen LogP contribution in [0.5, 0.6) is 0 Å². The molecule has 0 spiro atoms. The zero-order valence-electron chi connectivity index (χ0n) is 22.6. The molecule has 0 bridgehead atoms. The van der Waals surface area contributed by atoms with E-state index in [9.17, 15) is 10.5 Å². The molecular formula is C38H24N4. The van der Waals surface area contributed by atoms with Crippen LogP contribution < -0.4 is 4.90 Å². The largest absolute Gasteiger partial charge is 0.333 e. The van der Waals surface area contributed by atoms with Gasteiger partial charge in [-0.15, -0.1) is 0 Å². The van der Waals surface area contributed by atoms with Gasteiger partial charge < -0.3 is 9.47 Å². The maximum absolute atomic E-state index is 10.1. The van der Waals surface area contributed by atoms with Crippen LogP contribution in [0.25, 0.3) is 38.6 Å². The van der Waals surface area contributed by atoms with Crippen molar-refractivity contribution in [3.8, 4) is 29.0 Å². The van der Waals surface area contributed by atoms with E-state index >= 15 is 0 Å². The standard InChI is InChI=1S/C38H24N4/c39-23-25-17-27(21-29(19-25)41-35-13-5-1-9-31(35)32-10-2-6-14-36(32)41)28-18-26(24-40)20-30(22-28)42-37-15-7-3-11-33(37)34-12-4-8-16-38(34)42/h1-22,31,35H. The van der Waals surface area contributed by atoms with Gasteiger partial charge in [0.1, 0.15) is 0 Å². The summed E-state index contributed by atoms with van der Waals surface area (Å²) in [6.07, 6.45) is 8.71. The van der Waals surface area contributed by atoms with Gasteiger partial charge >= 0.3 is 0 Å². The van der Waals surface area contributed by atoms with Crippen LogP contribution in [0.1, 0.15) is 22.6 Å². The first-order valence-electron chi connectivity index (χ1n) is 14.1. The Morgan fingerprint density at radius 1 is 0.571 bits per heavy atom. The molecule has 5 aromatic carbocycles. The Kier molecular flexibility index (Phi) is 5.36. The summed E-state index contributed by atoms with van der Waals surface area (Å²) in [6.45, 7) is 0. The van der Waals surface area contributed by atoms with E-state index in [1.807, 2.05) is 36.4 Å². The molecule has 6 aromatic rings. The highest BCUT2D eigenvalue weighted by molar-refractivity contribution is 6.09. The first-order chi connectivity index (χ1) is 20.7. The molecule has 0 amide bonds. The summed E-state index contributed by atoms with van der Waals surface area (Å²) < 4.78 is 2.23. The van der Waals surface area contributed by atoms with Crippen LogP contribution in [0.2, 0.25) is 0 Å². The molecule has 0 saturated heterocycles. The predicted octanol–water partition coefficient (Wildman–Crippen LogP) is 8.92. The first kappa shape index (κ1) is 24.0. The fourth-order valence-electron chi connectivity index (χ4n) is 6.74. The monoisotopic (exact) mass is 536 g/mol. The quantitative estimate of drug-likeness (QED) is 0.227. The SMILES string of the molecule is N#Cc1cc(-c2cc(C#N)cc(-n3c4ccccc4c4ccccc43)c2)cc(N2c3ccccc3C3C=CC=CC32)c1. The van der Waals surface area contributed by atoms with Crippen molar-refractivity contribution in [2.24, 2.45) is 0 Å². The van der Waals surface area contributed by atoms with Gasteiger partial charge in [0.25, 0.3) is 0 Å². The number of hydrogen-bond donors (Lipinski definition) is 0.